The number of amides is 3. The quantitative estimate of drug-likeness (QED) is 0.604. The summed E-state index contributed by atoms with van der Waals surface area (Å²) in [5, 5.41) is 8.92. The largest absolute Gasteiger partial charge is 0.354 e. The molecule has 2 aromatic rings. The number of likely N-dealkylation sites (N-methyl/N-ethyl adjacent to an activating group) is 1. The Morgan fingerprint density at radius 3 is 2.74 bits per heavy atom. The number of pyridine rings is 1. The normalized spacial score (nSPS) is 26.1. The SMILES string of the molecule is CN[C@@H](C)C(=O)N[C@H]1CCOC2c3ccncc3C(C(=O)NC3CCCc4ccccc43)N2C1=O. The average Bonchev–Trinajstić information content (AvgIpc) is 3.13. The van der Waals surface area contributed by atoms with E-state index in [4.69, 9.17) is 4.74 Å². The predicted octanol–water partition coefficient (Wildman–Crippen LogP) is 1.67. The molecule has 1 aliphatic carbocycles. The fraction of sp³-hybridized carbons (Fsp3) is 0.462. The van der Waals surface area contributed by atoms with Crippen LogP contribution in [0, 0.1) is 0 Å². The van der Waals surface area contributed by atoms with Gasteiger partial charge in [0, 0.05) is 29.9 Å². The maximum atomic E-state index is 13.8. The van der Waals surface area contributed by atoms with E-state index in [-0.39, 0.29) is 30.4 Å². The third kappa shape index (κ3) is 4.30. The summed E-state index contributed by atoms with van der Waals surface area (Å²) in [4.78, 5) is 45.8. The van der Waals surface area contributed by atoms with E-state index in [1.807, 2.05) is 12.1 Å². The topological polar surface area (TPSA) is 113 Å². The van der Waals surface area contributed by atoms with Crippen LogP contribution >= 0.6 is 0 Å². The minimum atomic E-state index is -0.885. The summed E-state index contributed by atoms with van der Waals surface area (Å²) >= 11 is 0. The van der Waals surface area contributed by atoms with Gasteiger partial charge in [-0.1, -0.05) is 24.3 Å². The van der Waals surface area contributed by atoms with Crippen LogP contribution < -0.4 is 16.0 Å². The third-order valence-electron chi connectivity index (χ3n) is 7.29. The first-order valence-electron chi connectivity index (χ1n) is 12.2. The van der Waals surface area contributed by atoms with Crippen LogP contribution in [-0.4, -0.2) is 53.3 Å². The number of fused-ring (bicyclic) bond motifs is 4. The molecule has 9 nitrogen and oxygen atoms in total. The predicted molar refractivity (Wildman–Crippen MR) is 128 cm³/mol. The summed E-state index contributed by atoms with van der Waals surface area (Å²) in [6, 6.07) is 7.72. The van der Waals surface area contributed by atoms with Crippen molar-refractivity contribution in [1.29, 1.82) is 0 Å². The molecular weight excluding hydrogens is 446 g/mol. The molecule has 1 aromatic heterocycles. The number of carbonyl (C=O) groups excluding carboxylic acids is 3. The van der Waals surface area contributed by atoms with Gasteiger partial charge in [-0.05, 0) is 50.4 Å². The number of carbonyl (C=O) groups is 3. The molecule has 3 aliphatic rings. The number of rotatable bonds is 5. The van der Waals surface area contributed by atoms with Gasteiger partial charge in [0.1, 0.15) is 12.1 Å². The van der Waals surface area contributed by atoms with E-state index in [0.29, 0.717) is 12.0 Å². The van der Waals surface area contributed by atoms with Crippen molar-refractivity contribution < 1.29 is 19.1 Å². The molecule has 35 heavy (non-hydrogen) atoms. The van der Waals surface area contributed by atoms with Crippen LogP contribution in [0.2, 0.25) is 0 Å². The molecule has 3 unspecified atom stereocenters. The lowest BCUT2D eigenvalue weighted by Crippen LogP contribution is -2.53. The molecule has 5 rings (SSSR count). The van der Waals surface area contributed by atoms with E-state index < -0.39 is 24.4 Å². The molecule has 0 radical (unpaired) electrons. The molecule has 1 fully saturated rings. The average molecular weight is 478 g/mol. The number of aryl methyl sites for hydroxylation is 1. The second kappa shape index (κ2) is 9.75. The van der Waals surface area contributed by atoms with Gasteiger partial charge in [-0.3, -0.25) is 24.3 Å². The van der Waals surface area contributed by atoms with Crippen molar-refractivity contribution in [2.75, 3.05) is 13.7 Å². The smallest absolute Gasteiger partial charge is 0.248 e. The number of hydrogen-bond donors (Lipinski definition) is 3. The third-order valence-corrected chi connectivity index (χ3v) is 7.29. The van der Waals surface area contributed by atoms with Gasteiger partial charge in [0.2, 0.25) is 17.7 Å². The second-order valence-corrected chi connectivity index (χ2v) is 9.39. The Hall–Kier alpha value is -3.30. The van der Waals surface area contributed by atoms with Crippen LogP contribution in [-0.2, 0) is 25.5 Å². The zero-order valence-corrected chi connectivity index (χ0v) is 20.0. The van der Waals surface area contributed by atoms with Crippen molar-refractivity contribution in [1.82, 2.24) is 25.8 Å². The molecule has 2 aliphatic heterocycles. The number of nitrogens with zero attached hydrogens (tertiary/aromatic N) is 2. The highest BCUT2D eigenvalue weighted by molar-refractivity contribution is 5.95. The summed E-state index contributed by atoms with van der Waals surface area (Å²) < 4.78 is 6.08. The molecule has 0 bridgehead atoms. The van der Waals surface area contributed by atoms with Crippen molar-refractivity contribution in [2.24, 2.45) is 0 Å². The maximum absolute atomic E-state index is 13.8. The van der Waals surface area contributed by atoms with Crippen molar-refractivity contribution >= 4 is 17.7 Å². The van der Waals surface area contributed by atoms with Gasteiger partial charge in [-0.15, -0.1) is 0 Å². The van der Waals surface area contributed by atoms with Gasteiger partial charge in [0.05, 0.1) is 18.7 Å². The van der Waals surface area contributed by atoms with Crippen LogP contribution in [0.3, 0.4) is 0 Å². The minimum Gasteiger partial charge on any atom is -0.354 e. The molecular formula is C26H31N5O4. The van der Waals surface area contributed by atoms with E-state index in [1.54, 1.807) is 32.4 Å². The molecule has 0 spiro atoms. The lowest BCUT2D eigenvalue weighted by molar-refractivity contribution is -0.153. The van der Waals surface area contributed by atoms with Gasteiger partial charge >= 0.3 is 0 Å². The monoisotopic (exact) mass is 477 g/mol. The molecule has 3 amide bonds. The molecule has 1 aromatic carbocycles. The molecule has 9 heteroatoms. The lowest BCUT2D eigenvalue weighted by atomic mass is 9.87. The lowest BCUT2D eigenvalue weighted by Gasteiger charge is -2.32. The fourth-order valence-electron chi connectivity index (χ4n) is 5.30. The van der Waals surface area contributed by atoms with Crippen molar-refractivity contribution in [3.05, 3.63) is 65.0 Å². The van der Waals surface area contributed by atoms with E-state index in [0.717, 1.165) is 30.4 Å². The first-order valence-corrected chi connectivity index (χ1v) is 12.2. The van der Waals surface area contributed by atoms with Crippen LogP contribution in [0.4, 0.5) is 0 Å². The Bertz CT molecular complexity index is 1140. The van der Waals surface area contributed by atoms with Crippen molar-refractivity contribution in [2.45, 2.75) is 63.0 Å². The summed E-state index contributed by atoms with van der Waals surface area (Å²) in [5.74, 6) is -0.872. The molecule has 0 saturated carbocycles. The van der Waals surface area contributed by atoms with Gasteiger partial charge in [-0.2, -0.15) is 0 Å². The first-order chi connectivity index (χ1) is 17.0. The Balaban J connectivity index is 1.44. The molecule has 5 atom stereocenters. The molecule has 1 saturated heterocycles. The van der Waals surface area contributed by atoms with Crippen LogP contribution in [0.1, 0.15) is 66.8 Å². The Labute approximate surface area is 204 Å². The van der Waals surface area contributed by atoms with Crippen LogP contribution in [0.15, 0.2) is 42.7 Å². The Morgan fingerprint density at radius 2 is 1.91 bits per heavy atom. The highest BCUT2D eigenvalue weighted by Crippen LogP contribution is 2.44. The zero-order chi connectivity index (χ0) is 24.5. The Kier molecular flexibility index (Phi) is 6.53. The van der Waals surface area contributed by atoms with Gasteiger partial charge in [0.15, 0.2) is 6.23 Å². The van der Waals surface area contributed by atoms with Crippen LogP contribution in [0.25, 0.3) is 0 Å². The van der Waals surface area contributed by atoms with Gasteiger partial charge in [0.25, 0.3) is 0 Å². The number of ether oxygens (including phenoxy) is 1. The standard InChI is InChI=1S/C26H31N5O4/c1-15(27-2)23(32)30-21-11-13-35-26-18-10-12-28-14-19(18)22(31(26)25(21)34)24(33)29-20-9-5-7-16-6-3-4-8-17(16)20/h3-4,6,8,10,12,14-15,20-22,26-27H,5,7,9,11,13H2,1-2H3,(H,29,33)(H,30,32)/t15-,20?,21-,22?,26?/m0/s1. The van der Waals surface area contributed by atoms with E-state index in [2.05, 4.69) is 33.1 Å². The van der Waals surface area contributed by atoms with E-state index >= 15 is 0 Å². The van der Waals surface area contributed by atoms with Gasteiger partial charge < -0.3 is 20.7 Å². The van der Waals surface area contributed by atoms with Crippen molar-refractivity contribution in [3.8, 4) is 0 Å². The van der Waals surface area contributed by atoms with Crippen LogP contribution in [0.5, 0.6) is 0 Å². The molecule has 3 N–H and O–H groups in total. The summed E-state index contributed by atoms with van der Waals surface area (Å²) in [6.07, 6.45) is 5.72. The molecule has 184 valence electrons. The maximum Gasteiger partial charge on any atom is 0.248 e. The summed E-state index contributed by atoms with van der Waals surface area (Å²) in [6.45, 7) is 2.00. The number of nitrogens with one attached hydrogen (secondary N) is 3. The Morgan fingerprint density at radius 1 is 1.09 bits per heavy atom. The first kappa shape index (κ1) is 23.4. The number of aromatic nitrogens is 1. The second-order valence-electron chi connectivity index (χ2n) is 9.39. The van der Waals surface area contributed by atoms with Gasteiger partial charge in [-0.25, -0.2) is 0 Å². The van der Waals surface area contributed by atoms with E-state index in [9.17, 15) is 14.4 Å². The zero-order valence-electron chi connectivity index (χ0n) is 20.0. The minimum absolute atomic E-state index is 0.124. The highest BCUT2D eigenvalue weighted by Gasteiger charge is 2.49. The van der Waals surface area contributed by atoms with E-state index in [1.165, 1.54) is 10.5 Å². The number of hydrogen-bond acceptors (Lipinski definition) is 6. The fourth-order valence-corrected chi connectivity index (χ4v) is 5.30. The molecule has 3 heterocycles. The van der Waals surface area contributed by atoms with Crippen molar-refractivity contribution in [3.63, 3.8) is 0 Å². The highest BCUT2D eigenvalue weighted by atomic mass is 16.5. The summed E-state index contributed by atoms with van der Waals surface area (Å²) in [5.41, 5.74) is 3.78. The summed E-state index contributed by atoms with van der Waals surface area (Å²) in [7, 11) is 1.69. The number of benzene rings is 1.